The summed E-state index contributed by atoms with van der Waals surface area (Å²) in [5.74, 6) is 0. The van der Waals surface area contributed by atoms with E-state index < -0.39 is 9.85 Å². The van der Waals surface area contributed by atoms with E-state index in [1.54, 1.807) is 30.3 Å². The number of hydrogen-bond acceptors (Lipinski definition) is 5. The number of nitrogens with two attached hydrogens (primary N) is 1. The van der Waals surface area contributed by atoms with E-state index in [9.17, 15) is 20.2 Å². The van der Waals surface area contributed by atoms with Crippen molar-refractivity contribution in [3.8, 4) is 0 Å². The first-order valence-corrected chi connectivity index (χ1v) is 5.20. The van der Waals surface area contributed by atoms with Gasteiger partial charge >= 0.3 is 0 Å². The molecule has 2 aromatic rings. The smallest absolute Gasteiger partial charge is 0.271 e. The number of para-hydroxylation sites is 1. The van der Waals surface area contributed by atoms with Gasteiger partial charge in [-0.15, -0.1) is 0 Å². The minimum Gasteiger partial charge on any atom is -0.399 e. The zero-order chi connectivity index (χ0) is 14.3. The molecule has 0 aromatic heterocycles. The number of nitrogens with zero attached hydrogens (tertiary/aromatic N) is 2. The Morgan fingerprint density at radius 1 is 0.789 bits per heavy atom. The van der Waals surface area contributed by atoms with E-state index in [2.05, 4.69) is 0 Å². The molecule has 0 fully saturated rings. The van der Waals surface area contributed by atoms with Crippen molar-refractivity contribution in [1.29, 1.82) is 0 Å². The molecule has 2 rings (SSSR count). The van der Waals surface area contributed by atoms with E-state index in [1.165, 1.54) is 24.3 Å². The van der Waals surface area contributed by atoms with Gasteiger partial charge in [0.1, 0.15) is 0 Å². The Balaban J connectivity index is 0.000000191. The molecule has 0 amide bonds. The zero-order valence-corrected chi connectivity index (χ0v) is 9.80. The lowest BCUT2D eigenvalue weighted by molar-refractivity contribution is -0.385. The number of nitro groups is 2. The maximum absolute atomic E-state index is 10.1. The highest BCUT2D eigenvalue weighted by molar-refractivity contribution is 5.46. The molecule has 0 saturated carbocycles. The molecule has 0 saturated heterocycles. The summed E-state index contributed by atoms with van der Waals surface area (Å²) in [7, 11) is 0. The van der Waals surface area contributed by atoms with Crippen molar-refractivity contribution in [1.82, 2.24) is 0 Å². The van der Waals surface area contributed by atoms with Crippen LogP contribution in [-0.2, 0) is 0 Å². The molecule has 0 radical (unpaired) electrons. The molecule has 2 N–H and O–H groups in total. The topological polar surface area (TPSA) is 112 Å². The highest BCUT2D eigenvalue weighted by Crippen LogP contribution is 2.13. The quantitative estimate of drug-likeness (QED) is 0.507. The van der Waals surface area contributed by atoms with Crippen LogP contribution in [0.25, 0.3) is 0 Å². The average Bonchev–Trinajstić information content (AvgIpc) is 2.40. The molecular formula is C12H11N3O4. The standard InChI is InChI=1S/C6H6N2O2.C6H5NO2/c7-5-2-1-3-6(4-5)8(9)10;8-7(9)6-4-2-1-3-5-6/h1-4H,7H2;1-5H. The van der Waals surface area contributed by atoms with E-state index in [-0.39, 0.29) is 11.4 Å². The van der Waals surface area contributed by atoms with Crippen LogP contribution in [0.15, 0.2) is 54.6 Å². The SMILES string of the molecule is Nc1cccc([N+](=O)[O-])c1.O=[N+]([O-])c1ccccc1. The lowest BCUT2D eigenvalue weighted by atomic mass is 10.3. The normalized spacial score (nSPS) is 9.05. The largest absolute Gasteiger partial charge is 0.399 e. The molecule has 0 atom stereocenters. The van der Waals surface area contributed by atoms with Crippen molar-refractivity contribution in [3.05, 3.63) is 74.8 Å². The molecular weight excluding hydrogens is 250 g/mol. The van der Waals surface area contributed by atoms with Crippen LogP contribution in [0.4, 0.5) is 17.1 Å². The number of rotatable bonds is 2. The zero-order valence-electron chi connectivity index (χ0n) is 9.80. The van der Waals surface area contributed by atoms with Crippen LogP contribution in [-0.4, -0.2) is 9.85 Å². The Hall–Kier alpha value is -2.96. The van der Waals surface area contributed by atoms with Gasteiger partial charge in [-0.25, -0.2) is 0 Å². The monoisotopic (exact) mass is 261 g/mol. The summed E-state index contributed by atoms with van der Waals surface area (Å²) in [4.78, 5) is 19.2. The van der Waals surface area contributed by atoms with Crippen LogP contribution in [0.1, 0.15) is 0 Å². The summed E-state index contributed by atoms with van der Waals surface area (Å²) < 4.78 is 0. The van der Waals surface area contributed by atoms with E-state index >= 15 is 0 Å². The number of benzene rings is 2. The van der Waals surface area contributed by atoms with Crippen molar-refractivity contribution in [3.63, 3.8) is 0 Å². The first-order valence-electron chi connectivity index (χ1n) is 5.20. The molecule has 0 aliphatic carbocycles. The maximum Gasteiger partial charge on any atom is 0.271 e. The number of nitro benzene ring substituents is 2. The second kappa shape index (κ2) is 6.70. The van der Waals surface area contributed by atoms with E-state index in [4.69, 9.17) is 5.73 Å². The highest BCUT2D eigenvalue weighted by Gasteiger charge is 2.02. The minimum atomic E-state index is -0.476. The average molecular weight is 261 g/mol. The summed E-state index contributed by atoms with van der Waals surface area (Å²) in [5, 5.41) is 20.1. The third kappa shape index (κ3) is 4.82. The summed E-state index contributed by atoms with van der Waals surface area (Å²) in [6, 6.07) is 13.8. The van der Waals surface area contributed by atoms with Crippen LogP contribution in [0.3, 0.4) is 0 Å². The fourth-order valence-electron chi connectivity index (χ4n) is 1.19. The van der Waals surface area contributed by atoms with Gasteiger partial charge in [0.15, 0.2) is 0 Å². The summed E-state index contributed by atoms with van der Waals surface area (Å²) in [5.41, 5.74) is 5.87. The van der Waals surface area contributed by atoms with Crippen LogP contribution in [0.5, 0.6) is 0 Å². The predicted molar refractivity (Wildman–Crippen MR) is 70.6 cm³/mol. The van der Waals surface area contributed by atoms with Gasteiger partial charge in [0, 0.05) is 30.0 Å². The Bertz CT molecular complexity index is 572. The van der Waals surface area contributed by atoms with Gasteiger partial charge in [-0.2, -0.15) is 0 Å². The number of hydrogen-bond donors (Lipinski definition) is 1. The van der Waals surface area contributed by atoms with E-state index in [1.807, 2.05) is 0 Å². The molecule has 7 nitrogen and oxygen atoms in total. The van der Waals surface area contributed by atoms with Gasteiger partial charge in [0.05, 0.1) is 9.85 Å². The van der Waals surface area contributed by atoms with Gasteiger partial charge < -0.3 is 5.73 Å². The number of nitrogen functional groups attached to an aromatic ring is 1. The third-order valence-electron chi connectivity index (χ3n) is 2.05. The van der Waals surface area contributed by atoms with Crippen LogP contribution in [0.2, 0.25) is 0 Å². The van der Waals surface area contributed by atoms with Crippen LogP contribution >= 0.6 is 0 Å². The van der Waals surface area contributed by atoms with Crippen LogP contribution in [0, 0.1) is 20.2 Å². The van der Waals surface area contributed by atoms with Crippen molar-refractivity contribution < 1.29 is 9.85 Å². The van der Waals surface area contributed by atoms with Crippen LogP contribution < -0.4 is 5.73 Å². The predicted octanol–water partition coefficient (Wildman–Crippen LogP) is 2.77. The Morgan fingerprint density at radius 2 is 1.32 bits per heavy atom. The lowest BCUT2D eigenvalue weighted by Gasteiger charge is -1.90. The lowest BCUT2D eigenvalue weighted by Crippen LogP contribution is -1.89. The molecule has 2 aromatic carbocycles. The fourth-order valence-corrected chi connectivity index (χ4v) is 1.19. The maximum atomic E-state index is 10.1. The van der Waals surface area contributed by atoms with Gasteiger partial charge in [0.2, 0.25) is 0 Å². The van der Waals surface area contributed by atoms with Crippen molar-refractivity contribution >= 4 is 17.1 Å². The summed E-state index contributed by atoms with van der Waals surface area (Å²) in [6.45, 7) is 0. The van der Waals surface area contributed by atoms with Gasteiger partial charge in [-0.1, -0.05) is 24.3 Å². The van der Waals surface area contributed by atoms with Crippen molar-refractivity contribution in [2.75, 3.05) is 5.73 Å². The number of anilines is 1. The van der Waals surface area contributed by atoms with E-state index in [0.29, 0.717) is 5.69 Å². The molecule has 0 unspecified atom stereocenters. The molecule has 0 aliphatic rings. The van der Waals surface area contributed by atoms with Crippen molar-refractivity contribution in [2.45, 2.75) is 0 Å². The summed E-state index contributed by atoms with van der Waals surface area (Å²) >= 11 is 0. The second-order valence-electron chi connectivity index (χ2n) is 3.44. The minimum absolute atomic E-state index is 0.0278. The molecule has 0 aliphatic heterocycles. The molecule has 0 heterocycles. The van der Waals surface area contributed by atoms with Gasteiger partial charge in [-0.3, -0.25) is 20.2 Å². The Kier molecular flexibility index (Phi) is 4.97. The fraction of sp³-hybridized carbons (Fsp3) is 0. The molecule has 98 valence electrons. The van der Waals surface area contributed by atoms with Gasteiger partial charge in [0.25, 0.3) is 11.4 Å². The summed E-state index contributed by atoms with van der Waals surface area (Å²) in [6.07, 6.45) is 0. The van der Waals surface area contributed by atoms with Gasteiger partial charge in [-0.05, 0) is 6.07 Å². The Labute approximate surface area is 108 Å². The third-order valence-corrected chi connectivity index (χ3v) is 2.05. The Morgan fingerprint density at radius 3 is 1.68 bits per heavy atom. The highest BCUT2D eigenvalue weighted by atomic mass is 16.6. The number of non-ortho nitro benzene ring substituents is 2. The molecule has 0 spiro atoms. The first kappa shape index (κ1) is 14.1. The molecule has 19 heavy (non-hydrogen) atoms. The molecule has 0 bridgehead atoms. The first-order chi connectivity index (χ1) is 9.00. The van der Waals surface area contributed by atoms with E-state index in [0.717, 1.165) is 0 Å². The second-order valence-corrected chi connectivity index (χ2v) is 3.44. The molecule has 7 heteroatoms. The van der Waals surface area contributed by atoms with Crippen molar-refractivity contribution in [2.24, 2.45) is 0 Å².